The Bertz CT molecular complexity index is 523. The topological polar surface area (TPSA) is 46.6 Å². The Morgan fingerprint density at radius 1 is 1.20 bits per heavy atom. The van der Waals surface area contributed by atoms with Crippen molar-refractivity contribution in [2.24, 2.45) is 11.3 Å². The summed E-state index contributed by atoms with van der Waals surface area (Å²) in [5.41, 5.74) is 0.627. The van der Waals surface area contributed by atoms with Crippen molar-refractivity contribution in [1.29, 1.82) is 0 Å². The van der Waals surface area contributed by atoms with Crippen LogP contribution in [-0.4, -0.2) is 29.4 Å². The summed E-state index contributed by atoms with van der Waals surface area (Å²) in [6.45, 7) is 1.33. The van der Waals surface area contributed by atoms with E-state index in [1.165, 1.54) is 0 Å². The Morgan fingerprint density at radius 2 is 1.85 bits per heavy atom. The molecule has 1 aliphatic heterocycles. The minimum absolute atomic E-state index is 0.0103. The second-order valence-electron chi connectivity index (χ2n) is 5.60. The molecule has 1 saturated heterocycles. The van der Waals surface area contributed by atoms with Gasteiger partial charge in [0.1, 0.15) is 0 Å². The smallest absolute Gasteiger partial charge is 0.357 e. The summed E-state index contributed by atoms with van der Waals surface area (Å²) in [4.78, 5) is 28.5. The Morgan fingerprint density at radius 3 is 2.40 bits per heavy atom. The molecule has 2 aliphatic rings. The lowest BCUT2D eigenvalue weighted by molar-refractivity contribution is -0.131. The first kappa shape index (κ1) is 13.6. The van der Waals surface area contributed by atoms with Crippen LogP contribution in [-0.2, 0) is 9.63 Å². The van der Waals surface area contributed by atoms with E-state index < -0.39 is 0 Å². The van der Waals surface area contributed by atoms with Crippen LogP contribution in [0.15, 0.2) is 30.3 Å². The number of hydrogen-bond donors (Lipinski definition) is 0. The van der Waals surface area contributed by atoms with Crippen molar-refractivity contribution in [2.45, 2.75) is 19.3 Å². The van der Waals surface area contributed by atoms with Crippen LogP contribution in [0.2, 0.25) is 0 Å². The summed E-state index contributed by atoms with van der Waals surface area (Å²) < 4.78 is 0. The van der Waals surface area contributed by atoms with Gasteiger partial charge in [0.05, 0.1) is 5.56 Å². The number of halogens is 1. The van der Waals surface area contributed by atoms with Crippen LogP contribution >= 0.6 is 11.6 Å². The summed E-state index contributed by atoms with van der Waals surface area (Å²) in [6, 6.07) is 8.94. The molecule has 1 aliphatic carbocycles. The second kappa shape index (κ2) is 5.19. The quantitative estimate of drug-likeness (QED) is 0.804. The Balaban J connectivity index is 1.53. The van der Waals surface area contributed by atoms with Gasteiger partial charge in [-0.3, -0.25) is 4.79 Å². The van der Waals surface area contributed by atoms with Crippen molar-refractivity contribution in [3.8, 4) is 0 Å². The molecule has 0 amide bonds. The molecule has 1 aromatic rings. The largest absolute Gasteiger partial charge is 0.364 e. The lowest BCUT2D eigenvalue weighted by atomic mass is 9.92. The molecule has 1 heterocycles. The van der Waals surface area contributed by atoms with Crippen molar-refractivity contribution in [3.63, 3.8) is 0 Å². The molecule has 1 spiro atoms. The van der Waals surface area contributed by atoms with E-state index in [4.69, 9.17) is 16.4 Å². The minimum atomic E-state index is -0.331. The van der Waals surface area contributed by atoms with Crippen LogP contribution in [0.25, 0.3) is 0 Å². The highest BCUT2D eigenvalue weighted by atomic mass is 35.5. The molecular weight excluding hydrogens is 278 g/mol. The summed E-state index contributed by atoms with van der Waals surface area (Å²) in [5.74, 6) is -0.321. The first-order valence-corrected chi connectivity index (χ1v) is 7.20. The molecule has 2 fully saturated rings. The third-order valence-corrected chi connectivity index (χ3v) is 4.67. The van der Waals surface area contributed by atoms with Crippen LogP contribution in [0, 0.1) is 11.3 Å². The monoisotopic (exact) mass is 293 g/mol. The molecule has 1 unspecified atom stereocenters. The fourth-order valence-corrected chi connectivity index (χ4v) is 3.30. The van der Waals surface area contributed by atoms with Gasteiger partial charge in [-0.1, -0.05) is 18.2 Å². The zero-order valence-corrected chi connectivity index (χ0v) is 11.8. The van der Waals surface area contributed by atoms with Crippen molar-refractivity contribution in [2.75, 3.05) is 13.1 Å². The average molecular weight is 294 g/mol. The molecule has 106 valence electrons. The molecule has 1 atom stereocenters. The number of hydrogen-bond acceptors (Lipinski definition) is 4. The maximum atomic E-state index is 11.9. The second-order valence-corrected chi connectivity index (χ2v) is 5.97. The van der Waals surface area contributed by atoms with E-state index in [1.807, 2.05) is 18.2 Å². The van der Waals surface area contributed by atoms with Crippen molar-refractivity contribution in [3.05, 3.63) is 35.9 Å². The SMILES string of the molecule is O=C(ON1CCC2(CC1)CC2C(=O)Cl)c1ccccc1. The van der Waals surface area contributed by atoms with Crippen LogP contribution < -0.4 is 0 Å². The molecule has 4 nitrogen and oxygen atoms in total. The molecule has 0 radical (unpaired) electrons. The lowest BCUT2D eigenvalue weighted by Crippen LogP contribution is -2.37. The normalized spacial score (nSPS) is 24.4. The van der Waals surface area contributed by atoms with Gasteiger partial charge in [0, 0.05) is 19.0 Å². The number of piperidine rings is 1. The van der Waals surface area contributed by atoms with Crippen LogP contribution in [0.3, 0.4) is 0 Å². The first-order valence-electron chi connectivity index (χ1n) is 6.82. The Labute approximate surface area is 122 Å². The Hall–Kier alpha value is -1.39. The average Bonchev–Trinajstić information content (AvgIpc) is 3.17. The first-order chi connectivity index (χ1) is 9.61. The molecule has 3 rings (SSSR count). The summed E-state index contributed by atoms with van der Waals surface area (Å²) in [6.07, 6.45) is 2.60. The van der Waals surface area contributed by atoms with Gasteiger partial charge >= 0.3 is 5.97 Å². The number of rotatable bonds is 3. The number of benzene rings is 1. The number of carbonyl (C=O) groups excluding carboxylic acids is 2. The molecule has 0 N–H and O–H groups in total. The predicted octanol–water partition coefficient (Wildman–Crippen LogP) is 2.63. The third kappa shape index (κ3) is 2.58. The van der Waals surface area contributed by atoms with E-state index in [-0.39, 0.29) is 22.5 Å². The van der Waals surface area contributed by atoms with Crippen LogP contribution in [0.4, 0.5) is 0 Å². The molecule has 1 saturated carbocycles. The van der Waals surface area contributed by atoms with Crippen molar-refractivity contribution in [1.82, 2.24) is 5.06 Å². The van der Waals surface area contributed by atoms with Gasteiger partial charge in [-0.05, 0) is 48.4 Å². The zero-order chi connectivity index (χ0) is 14.2. The fraction of sp³-hybridized carbons (Fsp3) is 0.467. The van der Waals surface area contributed by atoms with E-state index in [1.54, 1.807) is 17.2 Å². The number of hydroxylamine groups is 2. The van der Waals surface area contributed by atoms with Gasteiger partial charge in [-0.25, -0.2) is 4.79 Å². The van der Waals surface area contributed by atoms with Gasteiger partial charge in [0.25, 0.3) is 0 Å². The lowest BCUT2D eigenvalue weighted by Gasteiger charge is -2.31. The molecule has 1 aromatic carbocycles. The number of carbonyl (C=O) groups is 2. The summed E-state index contributed by atoms with van der Waals surface area (Å²) >= 11 is 5.56. The van der Waals surface area contributed by atoms with Gasteiger partial charge in [-0.15, -0.1) is 5.06 Å². The standard InChI is InChI=1S/C15H16ClNO3/c16-13(18)12-10-15(12)6-8-17(9-7-15)20-14(19)11-4-2-1-3-5-11/h1-5,12H,6-10H2. The van der Waals surface area contributed by atoms with Gasteiger partial charge in [0.2, 0.25) is 5.24 Å². The van der Waals surface area contributed by atoms with Crippen LogP contribution in [0.5, 0.6) is 0 Å². The van der Waals surface area contributed by atoms with Gasteiger partial charge < -0.3 is 4.84 Å². The van der Waals surface area contributed by atoms with Crippen LogP contribution in [0.1, 0.15) is 29.6 Å². The minimum Gasteiger partial charge on any atom is -0.364 e. The maximum Gasteiger partial charge on any atom is 0.357 e. The molecule has 20 heavy (non-hydrogen) atoms. The molecule has 0 aromatic heterocycles. The highest BCUT2D eigenvalue weighted by Gasteiger charge is 2.58. The van der Waals surface area contributed by atoms with Gasteiger partial charge in [0.15, 0.2) is 0 Å². The van der Waals surface area contributed by atoms with E-state index in [0.717, 1.165) is 19.3 Å². The fourth-order valence-electron chi connectivity index (χ4n) is 2.99. The summed E-state index contributed by atoms with van der Waals surface area (Å²) in [7, 11) is 0. The predicted molar refractivity (Wildman–Crippen MR) is 74.1 cm³/mol. The number of nitrogens with zero attached hydrogens (tertiary/aromatic N) is 1. The van der Waals surface area contributed by atoms with E-state index in [0.29, 0.717) is 18.7 Å². The molecule has 0 bridgehead atoms. The third-order valence-electron chi connectivity index (χ3n) is 4.40. The highest BCUT2D eigenvalue weighted by Crippen LogP contribution is 2.60. The maximum absolute atomic E-state index is 11.9. The van der Waals surface area contributed by atoms with Crippen molar-refractivity contribution < 1.29 is 14.4 Å². The molecular formula is C15H16ClNO3. The van der Waals surface area contributed by atoms with Gasteiger partial charge in [-0.2, -0.15) is 0 Å². The molecule has 5 heteroatoms. The van der Waals surface area contributed by atoms with E-state index >= 15 is 0 Å². The Kier molecular flexibility index (Phi) is 3.52. The van der Waals surface area contributed by atoms with E-state index in [2.05, 4.69) is 0 Å². The van der Waals surface area contributed by atoms with E-state index in [9.17, 15) is 9.59 Å². The van der Waals surface area contributed by atoms with Crippen molar-refractivity contribution >= 4 is 22.8 Å². The summed E-state index contributed by atoms with van der Waals surface area (Å²) in [5, 5.41) is 1.47. The highest BCUT2D eigenvalue weighted by molar-refractivity contribution is 6.64. The zero-order valence-electron chi connectivity index (χ0n) is 11.0.